The first-order valence-electron chi connectivity index (χ1n) is 11.5. The second kappa shape index (κ2) is 11.9. The molecule has 36 heavy (non-hydrogen) atoms. The number of alkyl halides is 6. The van der Waals surface area contributed by atoms with Crippen LogP contribution < -0.4 is 5.32 Å². The lowest BCUT2D eigenvalue weighted by molar-refractivity contribution is -0.203. The van der Waals surface area contributed by atoms with E-state index in [1.807, 2.05) is 0 Å². The summed E-state index contributed by atoms with van der Waals surface area (Å²) in [5, 5.41) is 17.1. The number of hydrogen-bond acceptors (Lipinski definition) is 6. The van der Waals surface area contributed by atoms with Crippen molar-refractivity contribution in [1.82, 2.24) is 15.1 Å². The number of rotatable bonds is 5. The van der Waals surface area contributed by atoms with E-state index in [4.69, 9.17) is 24.5 Å². The van der Waals surface area contributed by atoms with Crippen LogP contribution in [0.2, 0.25) is 0 Å². The van der Waals surface area contributed by atoms with Gasteiger partial charge in [0, 0.05) is 39.8 Å². The molecular weight excluding hydrogens is 504 g/mol. The molecule has 4 rings (SSSR count). The number of likely N-dealkylation sites (tertiary alicyclic amines) is 1. The van der Waals surface area contributed by atoms with Crippen molar-refractivity contribution in [2.75, 3.05) is 46.4 Å². The highest BCUT2D eigenvalue weighted by atomic mass is 19.4. The molecule has 2 saturated heterocycles. The van der Waals surface area contributed by atoms with Crippen molar-refractivity contribution in [3.63, 3.8) is 0 Å². The number of morpholine rings is 1. The molecule has 0 aromatic carbocycles. The molecule has 4 fully saturated rings. The second-order valence-electron chi connectivity index (χ2n) is 9.57. The molecule has 0 bridgehead atoms. The van der Waals surface area contributed by atoms with Gasteiger partial charge in [-0.05, 0) is 37.5 Å². The quantitative estimate of drug-likeness (QED) is 0.458. The van der Waals surface area contributed by atoms with Crippen molar-refractivity contribution in [1.29, 1.82) is 0 Å². The van der Waals surface area contributed by atoms with Crippen LogP contribution in [0.25, 0.3) is 0 Å². The number of carbonyl (C=O) groups excluding carboxylic acids is 1. The van der Waals surface area contributed by atoms with Crippen LogP contribution in [-0.4, -0.2) is 108 Å². The van der Waals surface area contributed by atoms with Crippen molar-refractivity contribution < 1.29 is 55.7 Å². The molecule has 3 N–H and O–H groups in total. The Labute approximate surface area is 203 Å². The smallest absolute Gasteiger partial charge is 0.475 e. The maximum absolute atomic E-state index is 12.1. The Morgan fingerprint density at radius 3 is 1.72 bits per heavy atom. The molecule has 4 aliphatic rings. The van der Waals surface area contributed by atoms with Crippen molar-refractivity contribution in [3.05, 3.63) is 0 Å². The predicted molar refractivity (Wildman–Crippen MR) is 112 cm³/mol. The van der Waals surface area contributed by atoms with Crippen LogP contribution in [0.15, 0.2) is 0 Å². The van der Waals surface area contributed by atoms with Gasteiger partial charge in [-0.1, -0.05) is 6.42 Å². The molecular formula is C21H31F6N3O6. The van der Waals surface area contributed by atoms with Crippen molar-refractivity contribution in [2.45, 2.75) is 56.1 Å². The highest BCUT2D eigenvalue weighted by molar-refractivity contribution is 5.81. The highest BCUT2D eigenvalue weighted by Crippen LogP contribution is 2.37. The van der Waals surface area contributed by atoms with Crippen molar-refractivity contribution in [3.8, 4) is 0 Å². The molecule has 2 aliphatic heterocycles. The maximum Gasteiger partial charge on any atom is 0.490 e. The van der Waals surface area contributed by atoms with Gasteiger partial charge in [-0.3, -0.25) is 14.6 Å². The summed E-state index contributed by atoms with van der Waals surface area (Å²) in [6, 6.07) is -0.0862. The molecule has 2 aliphatic carbocycles. The fraction of sp³-hybridized carbons (Fsp3) is 0.857. The number of ether oxygens (including phenoxy) is 1. The maximum atomic E-state index is 12.1. The summed E-state index contributed by atoms with van der Waals surface area (Å²) in [6.07, 6.45) is -3.26. The number of nitrogens with one attached hydrogen (secondary N) is 1. The van der Waals surface area contributed by atoms with Crippen LogP contribution in [-0.2, 0) is 19.1 Å². The zero-order valence-electron chi connectivity index (χ0n) is 19.7. The third kappa shape index (κ3) is 9.07. The lowest BCUT2D eigenvalue weighted by atomic mass is 9.82. The van der Waals surface area contributed by atoms with Gasteiger partial charge in [0.2, 0.25) is 5.91 Å². The number of hydrogen-bond donors (Lipinski definition) is 3. The lowest BCUT2D eigenvalue weighted by Gasteiger charge is -2.56. The minimum absolute atomic E-state index is 0.00313. The van der Waals surface area contributed by atoms with Gasteiger partial charge in [0.25, 0.3) is 0 Å². The van der Waals surface area contributed by atoms with E-state index in [-0.39, 0.29) is 17.6 Å². The van der Waals surface area contributed by atoms with Gasteiger partial charge in [-0.2, -0.15) is 26.3 Å². The SMILES string of the molecule is CNC(=O)C1COC2(CN(CC3CCC3)C2)CN1CC1CC1.O=C(O)C(F)(F)F.O=C(O)C(F)(F)F. The third-order valence-electron chi connectivity index (χ3n) is 6.47. The summed E-state index contributed by atoms with van der Waals surface area (Å²) >= 11 is 0. The number of halogens is 6. The van der Waals surface area contributed by atoms with Crippen molar-refractivity contribution in [2.24, 2.45) is 11.8 Å². The van der Waals surface area contributed by atoms with Gasteiger partial charge >= 0.3 is 24.3 Å². The van der Waals surface area contributed by atoms with E-state index in [1.54, 1.807) is 7.05 Å². The van der Waals surface area contributed by atoms with Crippen LogP contribution in [0.3, 0.4) is 0 Å². The van der Waals surface area contributed by atoms with E-state index in [0.29, 0.717) is 6.61 Å². The Morgan fingerprint density at radius 1 is 0.889 bits per heavy atom. The number of amides is 1. The van der Waals surface area contributed by atoms with Gasteiger partial charge in [0.05, 0.1) is 6.61 Å². The highest BCUT2D eigenvalue weighted by Gasteiger charge is 2.51. The topological polar surface area (TPSA) is 119 Å². The largest absolute Gasteiger partial charge is 0.490 e. The van der Waals surface area contributed by atoms with E-state index >= 15 is 0 Å². The zero-order valence-corrected chi connectivity index (χ0v) is 19.7. The first-order chi connectivity index (χ1) is 16.6. The fourth-order valence-electron chi connectivity index (χ4n) is 4.25. The Balaban J connectivity index is 0.000000271. The molecule has 0 aromatic heterocycles. The molecule has 0 radical (unpaired) electrons. The van der Waals surface area contributed by atoms with Crippen LogP contribution in [0.5, 0.6) is 0 Å². The van der Waals surface area contributed by atoms with Gasteiger partial charge in [0.15, 0.2) is 0 Å². The van der Waals surface area contributed by atoms with Crippen LogP contribution >= 0.6 is 0 Å². The molecule has 1 amide bonds. The summed E-state index contributed by atoms with van der Waals surface area (Å²) in [5.41, 5.74) is 0.00313. The number of aliphatic carboxylic acids is 2. The Kier molecular flexibility index (Phi) is 9.99. The monoisotopic (exact) mass is 535 g/mol. The summed E-state index contributed by atoms with van der Waals surface area (Å²) < 4.78 is 69.7. The fourth-order valence-corrected chi connectivity index (χ4v) is 4.25. The van der Waals surface area contributed by atoms with E-state index in [0.717, 1.165) is 38.0 Å². The summed E-state index contributed by atoms with van der Waals surface area (Å²) in [6.45, 7) is 5.95. The second-order valence-corrected chi connectivity index (χ2v) is 9.57. The summed E-state index contributed by atoms with van der Waals surface area (Å²) in [5.74, 6) is -3.66. The van der Waals surface area contributed by atoms with Crippen LogP contribution in [0, 0.1) is 11.8 Å². The average Bonchev–Trinajstić information content (AvgIpc) is 3.52. The first kappa shape index (κ1) is 30.1. The number of carbonyl (C=O) groups is 3. The van der Waals surface area contributed by atoms with Gasteiger partial charge in [0.1, 0.15) is 11.6 Å². The van der Waals surface area contributed by atoms with Crippen LogP contribution in [0.4, 0.5) is 26.3 Å². The molecule has 9 nitrogen and oxygen atoms in total. The average molecular weight is 535 g/mol. The number of likely N-dealkylation sites (N-methyl/N-ethyl adjacent to an activating group) is 1. The van der Waals surface area contributed by atoms with Gasteiger partial charge < -0.3 is 20.3 Å². The molecule has 1 atom stereocenters. The normalized spacial score (nSPS) is 24.2. The molecule has 2 heterocycles. The molecule has 1 unspecified atom stereocenters. The van der Waals surface area contributed by atoms with Crippen LogP contribution in [0.1, 0.15) is 32.1 Å². The predicted octanol–water partition coefficient (Wildman–Crippen LogP) is 1.96. The van der Waals surface area contributed by atoms with Crippen molar-refractivity contribution >= 4 is 17.8 Å². The Bertz CT molecular complexity index is 755. The van der Waals surface area contributed by atoms with E-state index < -0.39 is 24.3 Å². The number of nitrogens with zero attached hydrogens (tertiary/aromatic N) is 2. The molecule has 1 spiro atoms. The molecule has 2 saturated carbocycles. The summed E-state index contributed by atoms with van der Waals surface area (Å²) in [4.78, 5) is 34.9. The minimum atomic E-state index is -5.08. The molecule has 0 aromatic rings. The minimum Gasteiger partial charge on any atom is -0.475 e. The van der Waals surface area contributed by atoms with E-state index in [2.05, 4.69) is 15.1 Å². The van der Waals surface area contributed by atoms with E-state index in [1.165, 1.54) is 38.6 Å². The molecule has 208 valence electrons. The lowest BCUT2D eigenvalue weighted by Crippen LogP contribution is -2.73. The standard InChI is InChI=1S/C17H29N3O2.2C2HF3O2/c1-18-16(21)15-9-22-17(12-20(15)8-14-5-6-14)10-19(11-17)7-13-3-2-4-13;2*3-2(4,5)1(6)7/h13-15H,2-12H2,1H3,(H,18,21);2*(H,6,7). The molecule has 15 heteroatoms. The Hall–Kier alpha value is -2.13. The number of carboxylic acids is 2. The zero-order chi connectivity index (χ0) is 27.3. The number of carboxylic acid groups (broad SMARTS) is 2. The summed E-state index contributed by atoms with van der Waals surface area (Å²) in [7, 11) is 1.73. The first-order valence-corrected chi connectivity index (χ1v) is 11.5. The third-order valence-corrected chi connectivity index (χ3v) is 6.47. The van der Waals surface area contributed by atoms with E-state index in [9.17, 15) is 31.1 Å². The van der Waals surface area contributed by atoms with Gasteiger partial charge in [-0.25, -0.2) is 9.59 Å². The Morgan fingerprint density at radius 2 is 1.36 bits per heavy atom. The van der Waals surface area contributed by atoms with Gasteiger partial charge in [-0.15, -0.1) is 0 Å².